The van der Waals surface area contributed by atoms with Gasteiger partial charge in [-0.15, -0.1) is 23.5 Å². The number of hydrogen-bond donors (Lipinski definition) is 1. The van der Waals surface area contributed by atoms with E-state index in [2.05, 4.69) is 26.7 Å². The third-order valence-electron chi connectivity index (χ3n) is 3.41. The zero-order valence-corrected chi connectivity index (χ0v) is 16.5. The number of nitrogens with one attached hydrogen (secondary N) is 1. The van der Waals surface area contributed by atoms with Crippen molar-refractivity contribution in [1.29, 1.82) is 0 Å². The Bertz CT molecular complexity index is 818. The molecule has 2 aromatic rings. The van der Waals surface area contributed by atoms with Crippen LogP contribution in [-0.2, 0) is 10.0 Å². The van der Waals surface area contributed by atoms with Crippen LogP contribution >= 0.6 is 39.5 Å². The van der Waals surface area contributed by atoms with E-state index >= 15 is 0 Å². The SMILES string of the molecule is Cc1ccc(S(=O)(=O)Nc2cccc(C3SCCS3)c2)c(Br)c1. The summed E-state index contributed by atoms with van der Waals surface area (Å²) in [5, 5.41) is 0. The molecule has 0 amide bonds. The summed E-state index contributed by atoms with van der Waals surface area (Å²) >= 11 is 7.14. The summed E-state index contributed by atoms with van der Waals surface area (Å²) in [7, 11) is -3.61. The molecule has 1 aliphatic heterocycles. The van der Waals surface area contributed by atoms with Crippen molar-refractivity contribution >= 4 is 55.2 Å². The zero-order valence-electron chi connectivity index (χ0n) is 12.5. The fourth-order valence-electron chi connectivity index (χ4n) is 2.33. The van der Waals surface area contributed by atoms with E-state index < -0.39 is 10.0 Å². The maximum Gasteiger partial charge on any atom is 0.263 e. The average Bonchev–Trinajstić information content (AvgIpc) is 3.00. The predicted octanol–water partition coefficient (Wildman–Crippen LogP) is 5.04. The second kappa shape index (κ2) is 7.09. The predicted molar refractivity (Wildman–Crippen MR) is 104 cm³/mol. The minimum absolute atomic E-state index is 0.248. The molecular formula is C16H16BrNO2S3. The molecule has 1 fully saturated rings. The van der Waals surface area contributed by atoms with E-state index in [1.165, 1.54) is 0 Å². The summed E-state index contributed by atoms with van der Waals surface area (Å²) in [4.78, 5) is 0.248. The smallest absolute Gasteiger partial charge is 0.263 e. The zero-order chi connectivity index (χ0) is 16.4. The first-order valence-electron chi connectivity index (χ1n) is 7.08. The highest BCUT2D eigenvalue weighted by Gasteiger charge is 2.21. The molecule has 3 nitrogen and oxygen atoms in total. The quantitative estimate of drug-likeness (QED) is 0.739. The van der Waals surface area contributed by atoms with Crippen LogP contribution in [0.3, 0.4) is 0 Å². The van der Waals surface area contributed by atoms with E-state index in [1.54, 1.807) is 24.3 Å². The van der Waals surface area contributed by atoms with Gasteiger partial charge in [0, 0.05) is 21.7 Å². The van der Waals surface area contributed by atoms with Crippen molar-refractivity contribution in [3.63, 3.8) is 0 Å². The Hall–Kier alpha value is -0.630. The van der Waals surface area contributed by atoms with Crippen molar-refractivity contribution in [2.24, 2.45) is 0 Å². The summed E-state index contributed by atoms with van der Waals surface area (Å²) < 4.78 is 28.9. The molecule has 7 heteroatoms. The van der Waals surface area contributed by atoms with Crippen molar-refractivity contribution in [3.8, 4) is 0 Å². The summed E-state index contributed by atoms with van der Waals surface area (Å²) in [6.45, 7) is 1.93. The van der Waals surface area contributed by atoms with Crippen molar-refractivity contribution in [3.05, 3.63) is 58.1 Å². The van der Waals surface area contributed by atoms with Crippen molar-refractivity contribution in [2.45, 2.75) is 16.4 Å². The molecule has 0 aromatic heterocycles. The number of aryl methyl sites for hydroxylation is 1. The minimum Gasteiger partial charge on any atom is -0.280 e. The Labute approximate surface area is 153 Å². The van der Waals surface area contributed by atoms with Gasteiger partial charge in [0.1, 0.15) is 4.90 Å². The highest BCUT2D eigenvalue weighted by atomic mass is 79.9. The molecule has 0 atom stereocenters. The molecule has 0 spiro atoms. The van der Waals surface area contributed by atoms with Gasteiger partial charge in [-0.25, -0.2) is 8.42 Å². The Kier molecular flexibility index (Phi) is 5.30. The number of thioether (sulfide) groups is 2. The molecule has 122 valence electrons. The normalized spacial score (nSPS) is 15.7. The molecule has 23 heavy (non-hydrogen) atoms. The third kappa shape index (κ3) is 4.07. The summed E-state index contributed by atoms with van der Waals surface area (Å²) in [5.74, 6) is 2.28. The standard InChI is InChI=1S/C16H16BrNO2S3/c1-11-5-6-15(14(17)9-11)23(19,20)18-13-4-2-3-12(10-13)16-21-7-8-22-16/h2-6,9-10,16,18H,7-8H2,1H3. The van der Waals surface area contributed by atoms with Gasteiger partial charge in [0.05, 0.1) is 4.58 Å². The maximum atomic E-state index is 12.6. The van der Waals surface area contributed by atoms with Gasteiger partial charge in [-0.1, -0.05) is 18.2 Å². The molecule has 1 heterocycles. The van der Waals surface area contributed by atoms with Crippen LogP contribution in [0.4, 0.5) is 5.69 Å². The highest BCUT2D eigenvalue weighted by molar-refractivity contribution is 9.10. The summed E-state index contributed by atoms with van der Waals surface area (Å²) in [6.07, 6.45) is 0. The van der Waals surface area contributed by atoms with E-state index in [0.29, 0.717) is 14.7 Å². The maximum absolute atomic E-state index is 12.6. The van der Waals surface area contributed by atoms with E-state index in [1.807, 2.05) is 42.6 Å². The fourth-order valence-corrected chi connectivity index (χ4v) is 7.41. The monoisotopic (exact) mass is 429 g/mol. The second-order valence-corrected chi connectivity index (χ2v) is 10.5. The molecule has 0 aliphatic carbocycles. The van der Waals surface area contributed by atoms with Crippen molar-refractivity contribution < 1.29 is 8.42 Å². The lowest BCUT2D eigenvalue weighted by molar-refractivity contribution is 0.600. The van der Waals surface area contributed by atoms with E-state index in [4.69, 9.17) is 0 Å². The third-order valence-corrected chi connectivity index (χ3v) is 8.87. The van der Waals surface area contributed by atoms with Crippen LogP contribution in [0, 0.1) is 6.92 Å². The van der Waals surface area contributed by atoms with Gasteiger partial charge in [0.15, 0.2) is 0 Å². The van der Waals surface area contributed by atoms with E-state index in [-0.39, 0.29) is 4.90 Å². The van der Waals surface area contributed by atoms with Gasteiger partial charge >= 0.3 is 0 Å². The average molecular weight is 430 g/mol. The van der Waals surface area contributed by atoms with Crippen LogP contribution in [0.25, 0.3) is 0 Å². The minimum atomic E-state index is -3.61. The molecular weight excluding hydrogens is 414 g/mol. The summed E-state index contributed by atoms with van der Waals surface area (Å²) in [5.41, 5.74) is 2.76. The lowest BCUT2D eigenvalue weighted by atomic mass is 10.2. The lowest BCUT2D eigenvalue weighted by Gasteiger charge is -2.13. The van der Waals surface area contributed by atoms with Crippen LogP contribution < -0.4 is 4.72 Å². The molecule has 0 radical (unpaired) electrons. The fraction of sp³-hybridized carbons (Fsp3) is 0.250. The number of benzene rings is 2. The first-order chi connectivity index (χ1) is 11.0. The van der Waals surface area contributed by atoms with Crippen LogP contribution in [0.1, 0.15) is 15.7 Å². The Morgan fingerprint density at radius 1 is 1.13 bits per heavy atom. The molecule has 2 aromatic carbocycles. The molecule has 3 rings (SSSR count). The van der Waals surface area contributed by atoms with Gasteiger partial charge in [0.2, 0.25) is 0 Å². The molecule has 1 saturated heterocycles. The highest BCUT2D eigenvalue weighted by Crippen LogP contribution is 2.45. The number of halogens is 1. The largest absolute Gasteiger partial charge is 0.280 e. The Morgan fingerprint density at radius 2 is 1.87 bits per heavy atom. The first-order valence-corrected chi connectivity index (χ1v) is 11.5. The van der Waals surface area contributed by atoms with Crippen LogP contribution in [0.5, 0.6) is 0 Å². The van der Waals surface area contributed by atoms with Crippen molar-refractivity contribution in [1.82, 2.24) is 0 Å². The number of rotatable bonds is 4. The second-order valence-electron chi connectivity index (χ2n) is 5.24. The van der Waals surface area contributed by atoms with Crippen LogP contribution in [-0.4, -0.2) is 19.9 Å². The van der Waals surface area contributed by atoms with Gasteiger partial charge in [-0.3, -0.25) is 4.72 Å². The van der Waals surface area contributed by atoms with Crippen LogP contribution in [0.15, 0.2) is 51.8 Å². The molecule has 0 saturated carbocycles. The topological polar surface area (TPSA) is 46.2 Å². The number of hydrogen-bond acceptors (Lipinski definition) is 4. The number of anilines is 1. The van der Waals surface area contributed by atoms with E-state index in [0.717, 1.165) is 22.6 Å². The molecule has 1 aliphatic rings. The Balaban J connectivity index is 1.87. The van der Waals surface area contributed by atoms with Gasteiger partial charge in [0.25, 0.3) is 10.0 Å². The van der Waals surface area contributed by atoms with Gasteiger partial charge in [-0.2, -0.15) is 0 Å². The summed E-state index contributed by atoms with van der Waals surface area (Å²) in [6, 6.07) is 12.9. The molecule has 0 unspecified atom stereocenters. The van der Waals surface area contributed by atoms with Gasteiger partial charge < -0.3 is 0 Å². The van der Waals surface area contributed by atoms with E-state index in [9.17, 15) is 8.42 Å². The van der Waals surface area contributed by atoms with Crippen LogP contribution in [0.2, 0.25) is 0 Å². The van der Waals surface area contributed by atoms with Gasteiger partial charge in [-0.05, 0) is 58.2 Å². The molecule has 0 bridgehead atoms. The van der Waals surface area contributed by atoms with Crippen molar-refractivity contribution in [2.75, 3.05) is 16.2 Å². The lowest BCUT2D eigenvalue weighted by Crippen LogP contribution is -2.13. The number of sulfonamides is 1. The Morgan fingerprint density at radius 3 is 2.57 bits per heavy atom. The molecule has 1 N–H and O–H groups in total. The first kappa shape index (κ1) is 17.2.